The van der Waals surface area contributed by atoms with E-state index in [9.17, 15) is 23.9 Å². The number of rotatable bonds is 5. The maximum absolute atomic E-state index is 14.5. The number of nitrogens with two attached hydrogens (primary N) is 1. The zero-order chi connectivity index (χ0) is 25.0. The molecule has 9 nitrogen and oxygen atoms in total. The summed E-state index contributed by atoms with van der Waals surface area (Å²) in [6.45, 7) is 3.51. The number of nitrogens with zero attached hydrogens (tertiary/aromatic N) is 2. The van der Waals surface area contributed by atoms with Crippen molar-refractivity contribution in [1.82, 2.24) is 14.9 Å². The van der Waals surface area contributed by atoms with Crippen LogP contribution in [-0.4, -0.2) is 39.1 Å². The molecule has 35 heavy (non-hydrogen) atoms. The number of pyridine rings is 2. The van der Waals surface area contributed by atoms with Gasteiger partial charge in [-0.25, -0.2) is 14.2 Å². The van der Waals surface area contributed by atoms with Crippen molar-refractivity contribution in [1.29, 1.82) is 0 Å². The predicted molar refractivity (Wildman–Crippen MR) is 125 cm³/mol. The number of amides is 1. The lowest BCUT2D eigenvalue weighted by Gasteiger charge is -2.21. The quantitative estimate of drug-likeness (QED) is 0.367. The number of benzene rings is 1. The Morgan fingerprint density at radius 2 is 2.11 bits per heavy atom. The van der Waals surface area contributed by atoms with Gasteiger partial charge < -0.3 is 25.5 Å². The van der Waals surface area contributed by atoms with Crippen LogP contribution in [0.1, 0.15) is 47.3 Å². The topological polar surface area (TPSA) is 137 Å². The van der Waals surface area contributed by atoms with Gasteiger partial charge in [-0.3, -0.25) is 9.59 Å². The van der Waals surface area contributed by atoms with Gasteiger partial charge >= 0.3 is 5.97 Å². The number of aliphatic hydroxyl groups is 1. The Hall–Kier alpha value is -3.63. The van der Waals surface area contributed by atoms with Gasteiger partial charge in [-0.05, 0) is 49.9 Å². The number of cyclic esters (lactones) is 1. The van der Waals surface area contributed by atoms with E-state index in [1.807, 2.05) is 6.92 Å². The molecule has 4 N–H and O–H groups in total. The van der Waals surface area contributed by atoms with Crippen LogP contribution in [0.25, 0.3) is 22.3 Å². The van der Waals surface area contributed by atoms with Gasteiger partial charge in [0.1, 0.15) is 12.4 Å². The van der Waals surface area contributed by atoms with E-state index in [1.54, 1.807) is 23.6 Å². The lowest BCUT2D eigenvalue weighted by Crippen LogP contribution is -2.37. The summed E-state index contributed by atoms with van der Waals surface area (Å²) in [5, 5.41) is 14.0. The highest BCUT2D eigenvalue weighted by molar-refractivity contribution is 5.89. The SMILES string of the molecule is Cc1cc2c(CC[C@@H](C)NC(=O)CN)c3c(nc2cc1F)-c1cc2c(c(=O)n1C3)COC(=O)[C@H]2O. The highest BCUT2D eigenvalue weighted by atomic mass is 19.1. The number of ether oxygens (including phenoxy) is 1. The van der Waals surface area contributed by atoms with E-state index in [1.165, 1.54) is 6.07 Å². The van der Waals surface area contributed by atoms with Gasteiger partial charge in [0.15, 0.2) is 6.10 Å². The monoisotopic (exact) mass is 480 g/mol. The first-order chi connectivity index (χ1) is 16.7. The minimum atomic E-state index is -1.55. The van der Waals surface area contributed by atoms with E-state index in [0.717, 1.165) is 16.5 Å². The number of fused-ring (bicyclic) bond motifs is 5. The Morgan fingerprint density at radius 1 is 1.34 bits per heavy atom. The second-order valence-electron chi connectivity index (χ2n) is 9.11. The minimum absolute atomic E-state index is 0.0998. The third-order valence-corrected chi connectivity index (χ3v) is 6.77. The van der Waals surface area contributed by atoms with Crippen LogP contribution in [0.2, 0.25) is 0 Å². The lowest BCUT2D eigenvalue weighted by molar-refractivity contribution is -0.157. The third-order valence-electron chi connectivity index (χ3n) is 6.77. The summed E-state index contributed by atoms with van der Waals surface area (Å²) in [6.07, 6.45) is -0.407. The van der Waals surface area contributed by atoms with Crippen molar-refractivity contribution >= 4 is 22.8 Å². The molecule has 1 aromatic carbocycles. The van der Waals surface area contributed by atoms with E-state index in [-0.39, 0.29) is 48.3 Å². The van der Waals surface area contributed by atoms with Crippen LogP contribution < -0.4 is 16.6 Å². The number of esters is 1. The zero-order valence-electron chi connectivity index (χ0n) is 19.4. The molecular weight excluding hydrogens is 455 g/mol. The van der Waals surface area contributed by atoms with Gasteiger partial charge in [0, 0.05) is 28.6 Å². The van der Waals surface area contributed by atoms with Crippen molar-refractivity contribution in [3.05, 3.63) is 62.2 Å². The van der Waals surface area contributed by atoms with Crippen LogP contribution >= 0.6 is 0 Å². The number of aliphatic hydroxyl groups excluding tert-OH is 1. The van der Waals surface area contributed by atoms with Crippen molar-refractivity contribution in [3.8, 4) is 11.4 Å². The highest BCUT2D eigenvalue weighted by Crippen LogP contribution is 2.38. The van der Waals surface area contributed by atoms with Crippen molar-refractivity contribution in [2.24, 2.45) is 5.73 Å². The van der Waals surface area contributed by atoms with Crippen molar-refractivity contribution < 1.29 is 23.8 Å². The first kappa shape index (κ1) is 23.1. The molecule has 2 atom stereocenters. The molecule has 0 fully saturated rings. The molecular formula is C25H25FN4O5. The van der Waals surface area contributed by atoms with E-state index in [2.05, 4.69) is 5.32 Å². The Bertz CT molecular complexity index is 1460. The summed E-state index contributed by atoms with van der Waals surface area (Å²) in [7, 11) is 0. The van der Waals surface area contributed by atoms with E-state index >= 15 is 0 Å². The molecule has 2 aromatic heterocycles. The predicted octanol–water partition coefficient (Wildman–Crippen LogP) is 1.36. The number of halogens is 1. The average molecular weight is 480 g/mol. The largest absolute Gasteiger partial charge is 0.458 e. The highest BCUT2D eigenvalue weighted by Gasteiger charge is 2.34. The maximum Gasteiger partial charge on any atom is 0.340 e. The molecule has 5 rings (SSSR count). The van der Waals surface area contributed by atoms with Crippen LogP contribution in [0.3, 0.4) is 0 Å². The maximum atomic E-state index is 14.5. The molecule has 3 aromatic rings. The van der Waals surface area contributed by atoms with Gasteiger partial charge in [-0.2, -0.15) is 0 Å². The third kappa shape index (κ3) is 3.78. The first-order valence-electron chi connectivity index (χ1n) is 11.4. The molecule has 2 aliphatic rings. The number of nitrogens with one attached hydrogen (secondary N) is 1. The van der Waals surface area contributed by atoms with Gasteiger partial charge in [-0.1, -0.05) is 0 Å². The second-order valence-corrected chi connectivity index (χ2v) is 9.11. The van der Waals surface area contributed by atoms with E-state index < -0.39 is 17.9 Å². The van der Waals surface area contributed by atoms with Crippen LogP contribution in [0.4, 0.5) is 4.39 Å². The van der Waals surface area contributed by atoms with Crippen LogP contribution in [-0.2, 0) is 33.9 Å². The molecule has 0 saturated heterocycles. The Morgan fingerprint density at radius 3 is 2.86 bits per heavy atom. The summed E-state index contributed by atoms with van der Waals surface area (Å²) >= 11 is 0. The average Bonchev–Trinajstić information content (AvgIpc) is 3.19. The summed E-state index contributed by atoms with van der Waals surface area (Å²) in [5.74, 6) is -1.45. The minimum Gasteiger partial charge on any atom is -0.458 e. The van der Waals surface area contributed by atoms with E-state index in [0.29, 0.717) is 35.3 Å². The second kappa shape index (κ2) is 8.54. The van der Waals surface area contributed by atoms with Gasteiger partial charge in [0.05, 0.1) is 35.6 Å². The first-order valence-corrected chi connectivity index (χ1v) is 11.4. The summed E-state index contributed by atoms with van der Waals surface area (Å²) in [5.41, 5.74) is 9.13. The Balaban J connectivity index is 1.66. The summed E-state index contributed by atoms with van der Waals surface area (Å²) in [4.78, 5) is 41.6. The fraction of sp³-hybridized carbons (Fsp3) is 0.360. The van der Waals surface area contributed by atoms with Crippen LogP contribution in [0.15, 0.2) is 23.0 Å². The molecule has 0 bridgehead atoms. The summed E-state index contributed by atoms with van der Waals surface area (Å²) in [6, 6.07) is 4.58. The number of carbonyl (C=O) groups excluding carboxylic acids is 2. The molecule has 0 unspecified atom stereocenters. The van der Waals surface area contributed by atoms with Gasteiger partial charge in [0.2, 0.25) is 5.91 Å². The Labute approximate surface area is 199 Å². The van der Waals surface area contributed by atoms with Crippen molar-refractivity contribution in [2.75, 3.05) is 6.54 Å². The smallest absolute Gasteiger partial charge is 0.340 e. The fourth-order valence-corrected chi connectivity index (χ4v) is 4.89. The number of hydrogen-bond donors (Lipinski definition) is 3. The number of aryl methyl sites for hydroxylation is 2. The lowest BCUT2D eigenvalue weighted by atomic mass is 9.94. The molecule has 182 valence electrons. The number of aromatic nitrogens is 2. The van der Waals surface area contributed by atoms with Gasteiger partial charge in [0.25, 0.3) is 5.56 Å². The molecule has 0 spiro atoms. The molecule has 0 radical (unpaired) electrons. The van der Waals surface area contributed by atoms with Crippen molar-refractivity contribution in [2.45, 2.75) is 52.0 Å². The van der Waals surface area contributed by atoms with Crippen molar-refractivity contribution in [3.63, 3.8) is 0 Å². The van der Waals surface area contributed by atoms with Crippen LogP contribution in [0, 0.1) is 12.7 Å². The molecule has 1 amide bonds. The molecule has 0 aliphatic carbocycles. The number of carbonyl (C=O) groups is 2. The van der Waals surface area contributed by atoms with Gasteiger partial charge in [-0.15, -0.1) is 0 Å². The molecule has 4 heterocycles. The zero-order valence-corrected chi connectivity index (χ0v) is 19.4. The van der Waals surface area contributed by atoms with E-state index in [4.69, 9.17) is 15.5 Å². The summed E-state index contributed by atoms with van der Waals surface area (Å²) < 4.78 is 21.0. The Kier molecular flexibility index (Phi) is 5.65. The van der Waals surface area contributed by atoms with Crippen LogP contribution in [0.5, 0.6) is 0 Å². The molecule has 0 saturated carbocycles. The number of hydrogen-bond acceptors (Lipinski definition) is 7. The molecule has 10 heteroatoms. The fourth-order valence-electron chi connectivity index (χ4n) is 4.89. The molecule has 2 aliphatic heterocycles. The standard InChI is InChI=1S/C25H25FN4O5/c1-11-5-14-13(4-3-12(2)28-21(31)8-27)16-9-30-20(22(16)29-19(14)7-18(11)26)6-15-17(24(30)33)10-35-25(34)23(15)32/h5-7,12,23,32H,3-4,8-10,27H2,1-2H3,(H,28,31)/t12-,23+/m1/s1. The normalized spacial score (nSPS) is 16.9.